The molecule has 1 heterocycles. The van der Waals surface area contributed by atoms with Gasteiger partial charge in [-0.3, -0.25) is 14.9 Å². The fourth-order valence-corrected chi connectivity index (χ4v) is 2.76. The van der Waals surface area contributed by atoms with Crippen LogP contribution in [0.15, 0.2) is 60.9 Å². The molecule has 0 bridgehead atoms. The zero-order valence-electron chi connectivity index (χ0n) is 14.4. The van der Waals surface area contributed by atoms with Crippen LogP contribution in [0, 0.1) is 17.0 Å². The molecule has 2 aromatic carbocycles. The number of nitro benzene ring substituents is 1. The fourth-order valence-electron chi connectivity index (χ4n) is 2.76. The molecule has 1 N–H and O–H groups in total. The number of hydrogen-bond acceptors (Lipinski definition) is 4. The highest BCUT2D eigenvalue weighted by Crippen LogP contribution is 2.23. The van der Waals surface area contributed by atoms with Crippen molar-refractivity contribution in [1.29, 1.82) is 0 Å². The quantitative estimate of drug-likeness (QED) is 0.565. The number of aryl methyl sites for hydroxylation is 2. The van der Waals surface area contributed by atoms with Crippen LogP contribution in [-0.4, -0.2) is 20.4 Å². The van der Waals surface area contributed by atoms with Crippen molar-refractivity contribution in [1.82, 2.24) is 14.9 Å². The predicted octanol–water partition coefficient (Wildman–Crippen LogP) is 3.16. The van der Waals surface area contributed by atoms with Gasteiger partial charge in [0.15, 0.2) is 0 Å². The molecule has 0 radical (unpaired) electrons. The lowest BCUT2D eigenvalue weighted by Gasteiger charge is -2.19. The third-order valence-electron chi connectivity index (χ3n) is 4.19. The maximum Gasteiger partial charge on any atom is 0.273 e. The SMILES string of the molecule is Cc1ccc(C(=O)N[C@H](c2ccccc2)c2nccn2C)cc1[N+](=O)[O-]. The van der Waals surface area contributed by atoms with Crippen LogP contribution in [0.5, 0.6) is 0 Å². The van der Waals surface area contributed by atoms with Crippen molar-refractivity contribution in [3.8, 4) is 0 Å². The molecular weight excluding hydrogens is 332 g/mol. The van der Waals surface area contributed by atoms with Crippen LogP contribution in [0.1, 0.15) is 33.4 Å². The Morgan fingerprint density at radius 1 is 1.23 bits per heavy atom. The molecule has 0 aliphatic rings. The molecule has 0 saturated heterocycles. The first kappa shape index (κ1) is 17.3. The second-order valence-electron chi connectivity index (χ2n) is 5.97. The van der Waals surface area contributed by atoms with E-state index in [2.05, 4.69) is 10.3 Å². The van der Waals surface area contributed by atoms with Gasteiger partial charge in [0, 0.05) is 36.6 Å². The summed E-state index contributed by atoms with van der Waals surface area (Å²) in [4.78, 5) is 27.7. The lowest BCUT2D eigenvalue weighted by Crippen LogP contribution is -2.31. The van der Waals surface area contributed by atoms with E-state index in [-0.39, 0.29) is 11.3 Å². The van der Waals surface area contributed by atoms with Gasteiger partial charge in [-0.25, -0.2) is 4.98 Å². The van der Waals surface area contributed by atoms with E-state index in [1.54, 1.807) is 31.5 Å². The van der Waals surface area contributed by atoms with Gasteiger partial charge in [-0.05, 0) is 18.6 Å². The first-order chi connectivity index (χ1) is 12.5. The van der Waals surface area contributed by atoms with Gasteiger partial charge in [0.25, 0.3) is 11.6 Å². The third kappa shape index (κ3) is 3.46. The van der Waals surface area contributed by atoms with Gasteiger partial charge in [-0.2, -0.15) is 0 Å². The van der Waals surface area contributed by atoms with Gasteiger partial charge < -0.3 is 9.88 Å². The van der Waals surface area contributed by atoms with E-state index < -0.39 is 16.9 Å². The van der Waals surface area contributed by atoms with E-state index in [0.29, 0.717) is 11.4 Å². The highest BCUT2D eigenvalue weighted by Gasteiger charge is 2.22. The number of nitrogens with zero attached hydrogens (tertiary/aromatic N) is 3. The Hall–Kier alpha value is -3.48. The Balaban J connectivity index is 1.95. The number of carbonyl (C=O) groups is 1. The van der Waals surface area contributed by atoms with E-state index in [0.717, 1.165) is 5.56 Å². The van der Waals surface area contributed by atoms with Crippen LogP contribution >= 0.6 is 0 Å². The largest absolute Gasteiger partial charge is 0.338 e. The Labute approximate surface area is 150 Å². The monoisotopic (exact) mass is 350 g/mol. The zero-order valence-corrected chi connectivity index (χ0v) is 14.4. The number of nitro groups is 1. The molecule has 1 atom stereocenters. The van der Waals surface area contributed by atoms with Crippen molar-refractivity contribution in [3.05, 3.63) is 93.6 Å². The average Bonchev–Trinajstić information content (AvgIpc) is 3.06. The number of amides is 1. The number of carbonyl (C=O) groups excluding carboxylic acids is 1. The smallest absolute Gasteiger partial charge is 0.273 e. The van der Waals surface area contributed by atoms with Crippen molar-refractivity contribution in [3.63, 3.8) is 0 Å². The lowest BCUT2D eigenvalue weighted by molar-refractivity contribution is -0.385. The van der Waals surface area contributed by atoms with E-state index in [4.69, 9.17) is 0 Å². The highest BCUT2D eigenvalue weighted by molar-refractivity contribution is 5.95. The molecule has 1 aromatic heterocycles. The summed E-state index contributed by atoms with van der Waals surface area (Å²) in [5.74, 6) is 0.274. The van der Waals surface area contributed by atoms with Gasteiger partial charge in [-0.15, -0.1) is 0 Å². The predicted molar refractivity (Wildman–Crippen MR) is 96.8 cm³/mol. The Morgan fingerprint density at radius 2 is 1.96 bits per heavy atom. The number of imidazole rings is 1. The minimum absolute atomic E-state index is 0.0779. The summed E-state index contributed by atoms with van der Waals surface area (Å²) < 4.78 is 1.83. The van der Waals surface area contributed by atoms with Crippen molar-refractivity contribution >= 4 is 11.6 Å². The van der Waals surface area contributed by atoms with Crippen molar-refractivity contribution in [2.75, 3.05) is 0 Å². The number of benzene rings is 2. The Kier molecular flexibility index (Phi) is 4.79. The van der Waals surface area contributed by atoms with E-state index in [1.165, 1.54) is 6.07 Å². The van der Waals surface area contributed by atoms with Gasteiger partial charge in [0.05, 0.1) is 4.92 Å². The molecular formula is C19H18N4O3. The third-order valence-corrected chi connectivity index (χ3v) is 4.19. The molecule has 7 heteroatoms. The summed E-state index contributed by atoms with van der Waals surface area (Å²) in [6.45, 7) is 1.64. The van der Waals surface area contributed by atoms with Crippen molar-refractivity contribution < 1.29 is 9.72 Å². The number of rotatable bonds is 5. The minimum Gasteiger partial charge on any atom is -0.338 e. The second-order valence-corrected chi connectivity index (χ2v) is 5.97. The molecule has 0 aliphatic heterocycles. The minimum atomic E-state index is -0.487. The normalized spacial score (nSPS) is 11.8. The van der Waals surface area contributed by atoms with Gasteiger partial charge in [0.1, 0.15) is 11.9 Å². The topological polar surface area (TPSA) is 90.1 Å². The first-order valence-corrected chi connectivity index (χ1v) is 8.05. The standard InChI is InChI=1S/C19H18N4O3/c1-13-8-9-15(12-16(13)23(25)26)19(24)21-17(14-6-4-3-5-7-14)18-20-10-11-22(18)2/h3-12,17H,1-2H3,(H,21,24)/t17-/m1/s1. The van der Waals surface area contributed by atoms with Crippen LogP contribution in [0.2, 0.25) is 0 Å². The van der Waals surface area contributed by atoms with Crippen LogP contribution in [0.4, 0.5) is 5.69 Å². The fraction of sp³-hybridized carbons (Fsp3) is 0.158. The van der Waals surface area contributed by atoms with Crippen molar-refractivity contribution in [2.24, 2.45) is 7.05 Å². The summed E-state index contributed by atoms with van der Waals surface area (Å²) in [5.41, 5.74) is 1.54. The molecule has 132 valence electrons. The van der Waals surface area contributed by atoms with Crippen molar-refractivity contribution in [2.45, 2.75) is 13.0 Å². The molecule has 0 saturated carbocycles. The molecule has 1 amide bonds. The molecule has 3 aromatic rings. The lowest BCUT2D eigenvalue weighted by atomic mass is 10.0. The van der Waals surface area contributed by atoms with Gasteiger partial charge in [0.2, 0.25) is 0 Å². The van der Waals surface area contributed by atoms with E-state index in [9.17, 15) is 14.9 Å². The second kappa shape index (κ2) is 7.18. The molecule has 0 fully saturated rings. The van der Waals surface area contributed by atoms with Gasteiger partial charge in [-0.1, -0.05) is 36.4 Å². The number of aromatic nitrogens is 2. The summed E-state index contributed by atoms with van der Waals surface area (Å²) in [6.07, 6.45) is 3.46. The molecule has 7 nitrogen and oxygen atoms in total. The average molecular weight is 350 g/mol. The van der Waals surface area contributed by atoms with Crippen LogP contribution in [0.25, 0.3) is 0 Å². The summed E-state index contributed by atoms with van der Waals surface area (Å²) >= 11 is 0. The number of nitrogens with one attached hydrogen (secondary N) is 1. The van der Waals surface area contributed by atoms with Gasteiger partial charge >= 0.3 is 0 Å². The maximum absolute atomic E-state index is 12.8. The molecule has 0 unspecified atom stereocenters. The zero-order chi connectivity index (χ0) is 18.7. The molecule has 3 rings (SSSR count). The summed E-state index contributed by atoms with van der Waals surface area (Å²) in [7, 11) is 1.85. The number of hydrogen-bond donors (Lipinski definition) is 1. The van der Waals surface area contributed by atoms with E-state index in [1.807, 2.05) is 41.9 Å². The van der Waals surface area contributed by atoms with Crippen LogP contribution < -0.4 is 5.32 Å². The summed E-state index contributed by atoms with van der Waals surface area (Å²) in [5, 5.41) is 14.1. The molecule has 0 spiro atoms. The highest BCUT2D eigenvalue weighted by atomic mass is 16.6. The maximum atomic E-state index is 12.8. The molecule has 0 aliphatic carbocycles. The Morgan fingerprint density at radius 3 is 2.58 bits per heavy atom. The molecule has 26 heavy (non-hydrogen) atoms. The Bertz CT molecular complexity index is 950. The first-order valence-electron chi connectivity index (χ1n) is 8.05. The van der Waals surface area contributed by atoms with Crippen LogP contribution in [0.3, 0.4) is 0 Å². The van der Waals surface area contributed by atoms with Crippen LogP contribution in [-0.2, 0) is 7.05 Å². The van der Waals surface area contributed by atoms with E-state index >= 15 is 0 Å². The summed E-state index contributed by atoms with van der Waals surface area (Å²) in [6, 6.07) is 13.4.